The molecule has 0 aromatic heterocycles. The molecule has 0 N–H and O–H groups in total. The molecule has 0 aliphatic heterocycles. The molecule has 0 bridgehead atoms. The monoisotopic (exact) mass is 396 g/mol. The van der Waals surface area contributed by atoms with E-state index in [4.69, 9.17) is 23.2 Å². The van der Waals surface area contributed by atoms with Crippen LogP contribution in [0.25, 0.3) is 33.4 Å². The summed E-state index contributed by atoms with van der Waals surface area (Å²) in [6, 6.07) is 29.4. The zero-order valence-corrected chi connectivity index (χ0v) is 16.4. The minimum absolute atomic E-state index is 0.772. The second-order valence-electron chi connectivity index (χ2n) is 7.17. The van der Waals surface area contributed by atoms with Crippen LogP contribution in [0, 0.1) is 0 Å². The van der Waals surface area contributed by atoms with Crippen LogP contribution in [0.5, 0.6) is 0 Å². The van der Waals surface area contributed by atoms with E-state index < -0.39 is 0 Å². The van der Waals surface area contributed by atoms with Crippen molar-refractivity contribution >= 4 is 34.3 Å². The number of halogens is 2. The van der Waals surface area contributed by atoms with E-state index in [-0.39, 0.29) is 0 Å². The van der Waals surface area contributed by atoms with Crippen LogP contribution >= 0.6 is 23.2 Å². The van der Waals surface area contributed by atoms with Gasteiger partial charge >= 0.3 is 0 Å². The van der Waals surface area contributed by atoms with Crippen molar-refractivity contribution in [3.05, 3.63) is 117 Å². The molecule has 0 spiro atoms. The van der Waals surface area contributed by atoms with E-state index in [1.807, 2.05) is 24.3 Å². The summed E-state index contributed by atoms with van der Waals surface area (Å²) in [4.78, 5) is 0. The molecular weight excluding hydrogens is 383 g/mol. The smallest absolute Gasteiger partial charge is 0.0491 e. The summed E-state index contributed by atoms with van der Waals surface area (Å²) in [5.41, 5.74) is 11.8. The van der Waals surface area contributed by atoms with Gasteiger partial charge < -0.3 is 0 Å². The Bertz CT molecular complexity index is 1230. The highest BCUT2D eigenvalue weighted by molar-refractivity contribution is 6.37. The third-order valence-corrected chi connectivity index (χ3v) is 6.38. The van der Waals surface area contributed by atoms with Gasteiger partial charge in [0.15, 0.2) is 0 Å². The number of hydrogen-bond donors (Lipinski definition) is 0. The summed E-state index contributed by atoms with van der Waals surface area (Å²) >= 11 is 13.5. The number of rotatable bonds is 0. The molecule has 2 heteroatoms. The first-order valence-corrected chi connectivity index (χ1v) is 10.0. The number of hydrogen-bond acceptors (Lipinski definition) is 0. The van der Waals surface area contributed by atoms with Gasteiger partial charge in [0.1, 0.15) is 0 Å². The lowest BCUT2D eigenvalue weighted by Gasteiger charge is -2.13. The summed E-state index contributed by atoms with van der Waals surface area (Å²) < 4.78 is 0. The van der Waals surface area contributed by atoms with Crippen molar-refractivity contribution in [2.45, 2.75) is 0 Å². The van der Waals surface area contributed by atoms with Gasteiger partial charge in [0, 0.05) is 32.3 Å². The van der Waals surface area contributed by atoms with E-state index in [9.17, 15) is 0 Å². The summed E-state index contributed by atoms with van der Waals surface area (Å²) in [6.45, 7) is 0. The van der Waals surface area contributed by atoms with Crippen LogP contribution in [0.3, 0.4) is 0 Å². The van der Waals surface area contributed by atoms with Crippen LogP contribution in [0.2, 0.25) is 10.0 Å². The van der Waals surface area contributed by atoms with E-state index in [2.05, 4.69) is 60.7 Å². The molecule has 132 valence electrons. The molecule has 4 aromatic rings. The normalized spacial score (nSPS) is 15.8. The summed E-state index contributed by atoms with van der Waals surface area (Å²) in [5.74, 6) is 0. The lowest BCUT2D eigenvalue weighted by Crippen LogP contribution is -1.92. The number of fused-ring (bicyclic) bond motifs is 6. The van der Waals surface area contributed by atoms with Gasteiger partial charge in [0.05, 0.1) is 0 Å². The maximum atomic E-state index is 6.76. The second kappa shape index (κ2) is 5.85. The Hall–Kier alpha value is -2.80. The SMILES string of the molecule is Clc1cccc2c1C(=C1c3ccccc3-c3cccc(Cl)c31)c1ccccc1-2. The Kier molecular flexibility index (Phi) is 3.38. The molecular formula is C26H14Cl2. The standard InChI is InChI=1S/C26H14Cl2/c27-21-13-5-11-17-15-7-1-3-9-19(15)25(23(17)21)26-20-10-4-2-8-16(20)18-12-6-14-22(28)24(18)26/h1-14H. The molecule has 0 heterocycles. The van der Waals surface area contributed by atoms with Crippen LogP contribution < -0.4 is 0 Å². The Balaban J connectivity index is 1.85. The van der Waals surface area contributed by atoms with E-state index in [1.54, 1.807) is 0 Å². The predicted molar refractivity (Wildman–Crippen MR) is 119 cm³/mol. The molecule has 0 saturated heterocycles. The van der Waals surface area contributed by atoms with Gasteiger partial charge in [-0.3, -0.25) is 0 Å². The maximum absolute atomic E-state index is 6.76. The van der Waals surface area contributed by atoms with Crippen molar-refractivity contribution in [2.24, 2.45) is 0 Å². The minimum Gasteiger partial charge on any atom is -0.0836 e. The van der Waals surface area contributed by atoms with E-state index in [0.717, 1.165) is 21.2 Å². The summed E-state index contributed by atoms with van der Waals surface area (Å²) in [5, 5.41) is 1.54. The van der Waals surface area contributed by atoms with Crippen LogP contribution in [0.1, 0.15) is 22.3 Å². The van der Waals surface area contributed by atoms with E-state index in [1.165, 1.54) is 44.5 Å². The average molecular weight is 397 g/mol. The molecule has 0 saturated carbocycles. The topological polar surface area (TPSA) is 0 Å². The molecule has 2 aliphatic rings. The van der Waals surface area contributed by atoms with Gasteiger partial charge in [-0.2, -0.15) is 0 Å². The van der Waals surface area contributed by atoms with Crippen molar-refractivity contribution < 1.29 is 0 Å². The van der Waals surface area contributed by atoms with E-state index >= 15 is 0 Å². The molecule has 2 aliphatic carbocycles. The highest BCUT2D eigenvalue weighted by Crippen LogP contribution is 2.56. The van der Waals surface area contributed by atoms with Gasteiger partial charge in [-0.15, -0.1) is 0 Å². The highest BCUT2D eigenvalue weighted by Gasteiger charge is 2.34. The zero-order chi connectivity index (χ0) is 18.8. The largest absolute Gasteiger partial charge is 0.0836 e. The highest BCUT2D eigenvalue weighted by atomic mass is 35.5. The molecule has 4 aromatic carbocycles. The molecule has 0 nitrogen and oxygen atoms in total. The Morgan fingerprint density at radius 3 is 1.14 bits per heavy atom. The molecule has 0 unspecified atom stereocenters. The van der Waals surface area contributed by atoms with Gasteiger partial charge in [0.2, 0.25) is 0 Å². The Morgan fingerprint density at radius 1 is 0.357 bits per heavy atom. The first kappa shape index (κ1) is 16.2. The fourth-order valence-electron chi connectivity index (χ4n) is 4.67. The lowest BCUT2D eigenvalue weighted by atomic mass is 9.91. The number of benzene rings is 4. The minimum atomic E-state index is 0.772. The second-order valence-corrected chi connectivity index (χ2v) is 7.98. The summed E-state index contributed by atoms with van der Waals surface area (Å²) in [7, 11) is 0. The van der Waals surface area contributed by atoms with Crippen molar-refractivity contribution in [1.82, 2.24) is 0 Å². The van der Waals surface area contributed by atoms with Crippen molar-refractivity contribution in [3.63, 3.8) is 0 Å². The first-order valence-electron chi connectivity index (χ1n) is 9.27. The molecule has 6 rings (SSSR count). The molecule has 0 amide bonds. The van der Waals surface area contributed by atoms with E-state index in [0.29, 0.717) is 0 Å². The van der Waals surface area contributed by atoms with Crippen molar-refractivity contribution in [3.8, 4) is 22.3 Å². The van der Waals surface area contributed by atoms with Crippen molar-refractivity contribution in [1.29, 1.82) is 0 Å². The quantitative estimate of drug-likeness (QED) is 0.244. The van der Waals surface area contributed by atoms with Crippen molar-refractivity contribution in [2.75, 3.05) is 0 Å². The third-order valence-electron chi connectivity index (χ3n) is 5.75. The lowest BCUT2D eigenvalue weighted by molar-refractivity contribution is 1.62. The Morgan fingerprint density at radius 2 is 0.714 bits per heavy atom. The maximum Gasteiger partial charge on any atom is 0.0491 e. The molecule has 0 radical (unpaired) electrons. The van der Waals surface area contributed by atoms with Crippen LogP contribution in [-0.2, 0) is 0 Å². The van der Waals surface area contributed by atoms with Crippen LogP contribution in [0.15, 0.2) is 84.9 Å². The van der Waals surface area contributed by atoms with Gasteiger partial charge in [-0.1, -0.05) is 96.0 Å². The van der Waals surface area contributed by atoms with Gasteiger partial charge in [-0.05, 0) is 45.5 Å². The molecule has 28 heavy (non-hydrogen) atoms. The third kappa shape index (κ3) is 2.02. The first-order chi connectivity index (χ1) is 13.8. The fourth-order valence-corrected chi connectivity index (χ4v) is 5.20. The average Bonchev–Trinajstić information content (AvgIpc) is 3.23. The molecule has 0 atom stereocenters. The van der Waals surface area contributed by atoms with Gasteiger partial charge in [0.25, 0.3) is 0 Å². The Labute approximate surface area is 173 Å². The van der Waals surface area contributed by atoms with Crippen LogP contribution in [-0.4, -0.2) is 0 Å². The fraction of sp³-hybridized carbons (Fsp3) is 0. The van der Waals surface area contributed by atoms with Gasteiger partial charge in [-0.25, -0.2) is 0 Å². The predicted octanol–water partition coefficient (Wildman–Crippen LogP) is 7.96. The zero-order valence-electron chi connectivity index (χ0n) is 14.8. The van der Waals surface area contributed by atoms with Crippen LogP contribution in [0.4, 0.5) is 0 Å². The molecule has 0 fully saturated rings. The summed E-state index contributed by atoms with van der Waals surface area (Å²) in [6.07, 6.45) is 0.